The zero-order valence-electron chi connectivity index (χ0n) is 18.9. The number of fused-ring (bicyclic) bond motifs is 1. The van der Waals surface area contributed by atoms with Crippen molar-refractivity contribution in [2.24, 2.45) is 0 Å². The third kappa shape index (κ3) is 4.63. The van der Waals surface area contributed by atoms with E-state index in [-0.39, 0.29) is 35.4 Å². The van der Waals surface area contributed by atoms with Crippen LogP contribution < -0.4 is 14.8 Å². The number of benzene rings is 3. The SMILES string of the molecule is COc1cc(/C=C2/C(C)=C(CC(=O)Nc3ccc(Cl)cc3)c3cc(F)ccc32)cc(OC)c1O. The highest BCUT2D eigenvalue weighted by molar-refractivity contribution is 6.30. The van der Waals surface area contributed by atoms with Crippen LogP contribution in [0.5, 0.6) is 17.2 Å². The number of aromatic hydroxyl groups is 1. The Bertz CT molecular complexity index is 1300. The molecule has 3 aromatic carbocycles. The Morgan fingerprint density at radius 3 is 2.29 bits per heavy atom. The van der Waals surface area contributed by atoms with Gasteiger partial charge in [-0.1, -0.05) is 17.7 Å². The fourth-order valence-corrected chi connectivity index (χ4v) is 4.17. The van der Waals surface area contributed by atoms with Gasteiger partial charge in [0, 0.05) is 10.7 Å². The van der Waals surface area contributed by atoms with Crippen LogP contribution in [0.25, 0.3) is 17.2 Å². The second kappa shape index (κ2) is 9.61. The third-order valence-corrected chi connectivity index (χ3v) is 5.98. The third-order valence-electron chi connectivity index (χ3n) is 5.73. The summed E-state index contributed by atoms with van der Waals surface area (Å²) in [7, 11) is 2.92. The molecular formula is C27H23ClFNO4. The predicted octanol–water partition coefficient (Wildman–Crippen LogP) is 6.56. The summed E-state index contributed by atoms with van der Waals surface area (Å²) in [4.78, 5) is 12.8. The summed E-state index contributed by atoms with van der Waals surface area (Å²) in [5.41, 5.74) is 5.29. The van der Waals surface area contributed by atoms with Crippen LogP contribution in [0, 0.1) is 5.82 Å². The van der Waals surface area contributed by atoms with Crippen LogP contribution in [0.2, 0.25) is 5.02 Å². The highest BCUT2D eigenvalue weighted by Crippen LogP contribution is 2.45. The molecule has 0 radical (unpaired) electrons. The molecule has 0 atom stereocenters. The number of allylic oxidation sites excluding steroid dienone is 2. The number of rotatable bonds is 6. The van der Waals surface area contributed by atoms with Gasteiger partial charge in [-0.3, -0.25) is 4.79 Å². The molecule has 0 saturated carbocycles. The number of phenolic OH excluding ortho intramolecular Hbond substituents is 1. The number of carbonyl (C=O) groups is 1. The van der Waals surface area contributed by atoms with E-state index >= 15 is 0 Å². The van der Waals surface area contributed by atoms with Gasteiger partial charge in [0.2, 0.25) is 11.7 Å². The van der Waals surface area contributed by atoms with Crippen LogP contribution in [0.1, 0.15) is 30.0 Å². The Balaban J connectivity index is 1.73. The monoisotopic (exact) mass is 479 g/mol. The van der Waals surface area contributed by atoms with Crippen LogP contribution in [0.4, 0.5) is 10.1 Å². The lowest BCUT2D eigenvalue weighted by Crippen LogP contribution is -2.12. The van der Waals surface area contributed by atoms with E-state index in [1.807, 2.05) is 13.0 Å². The van der Waals surface area contributed by atoms with Crippen molar-refractivity contribution in [2.75, 3.05) is 19.5 Å². The van der Waals surface area contributed by atoms with E-state index in [9.17, 15) is 14.3 Å². The van der Waals surface area contributed by atoms with Crippen molar-refractivity contribution in [3.63, 3.8) is 0 Å². The number of nitrogens with one attached hydrogen (secondary N) is 1. The molecule has 0 aromatic heterocycles. The van der Waals surface area contributed by atoms with Gasteiger partial charge in [0.05, 0.1) is 20.6 Å². The van der Waals surface area contributed by atoms with Crippen molar-refractivity contribution in [1.82, 2.24) is 0 Å². The van der Waals surface area contributed by atoms with Crippen molar-refractivity contribution in [3.05, 3.63) is 87.7 Å². The molecule has 3 aromatic rings. The van der Waals surface area contributed by atoms with E-state index < -0.39 is 0 Å². The molecular weight excluding hydrogens is 457 g/mol. The predicted molar refractivity (Wildman–Crippen MR) is 133 cm³/mol. The maximum atomic E-state index is 14.2. The first-order chi connectivity index (χ1) is 16.3. The number of hydrogen-bond donors (Lipinski definition) is 2. The standard InChI is InChI=1S/C27H23ClFNO4/c1-15-21(10-16-11-24(33-2)27(32)25(12-16)34-3)20-9-6-18(29)13-23(20)22(15)14-26(31)30-19-7-4-17(28)5-8-19/h4-13,32H,14H2,1-3H3,(H,30,31)/b21-10-. The van der Waals surface area contributed by atoms with E-state index in [1.165, 1.54) is 26.4 Å². The van der Waals surface area contributed by atoms with Gasteiger partial charge in [0.25, 0.3) is 0 Å². The summed E-state index contributed by atoms with van der Waals surface area (Å²) >= 11 is 5.91. The molecule has 0 spiro atoms. The molecule has 0 heterocycles. The van der Waals surface area contributed by atoms with Gasteiger partial charge in [0.15, 0.2) is 11.5 Å². The quantitative estimate of drug-likeness (QED) is 0.420. The fourth-order valence-electron chi connectivity index (χ4n) is 4.04. The van der Waals surface area contributed by atoms with Crippen LogP contribution in [0.15, 0.2) is 60.2 Å². The van der Waals surface area contributed by atoms with Crippen molar-refractivity contribution >= 4 is 40.4 Å². The summed E-state index contributed by atoms with van der Waals surface area (Å²) < 4.78 is 24.7. The zero-order chi connectivity index (χ0) is 24.4. The Hall–Kier alpha value is -3.77. The van der Waals surface area contributed by atoms with Crippen LogP contribution in [-0.4, -0.2) is 25.2 Å². The largest absolute Gasteiger partial charge is 0.502 e. The van der Waals surface area contributed by atoms with Gasteiger partial charge in [-0.15, -0.1) is 0 Å². The first kappa shape index (κ1) is 23.4. The second-order valence-electron chi connectivity index (χ2n) is 7.86. The number of methoxy groups -OCH3 is 2. The zero-order valence-corrected chi connectivity index (χ0v) is 19.7. The normalized spacial score (nSPS) is 13.7. The van der Waals surface area contributed by atoms with E-state index in [1.54, 1.807) is 42.5 Å². The molecule has 1 aliphatic rings. The second-order valence-corrected chi connectivity index (χ2v) is 8.29. The van der Waals surface area contributed by atoms with Crippen LogP contribution in [0.3, 0.4) is 0 Å². The summed E-state index contributed by atoms with van der Waals surface area (Å²) in [5, 5.41) is 13.7. The summed E-state index contributed by atoms with van der Waals surface area (Å²) in [6, 6.07) is 14.8. The van der Waals surface area contributed by atoms with E-state index in [0.29, 0.717) is 16.3 Å². The molecule has 1 aliphatic carbocycles. The molecule has 0 unspecified atom stereocenters. The maximum absolute atomic E-state index is 14.2. The Morgan fingerprint density at radius 2 is 1.68 bits per heavy atom. The van der Waals surface area contributed by atoms with Gasteiger partial charge in [-0.25, -0.2) is 4.39 Å². The van der Waals surface area contributed by atoms with Crippen LogP contribution >= 0.6 is 11.6 Å². The average molecular weight is 480 g/mol. The molecule has 2 N–H and O–H groups in total. The van der Waals surface area contributed by atoms with E-state index in [2.05, 4.69) is 5.32 Å². The Labute approximate surface area is 202 Å². The summed E-state index contributed by atoms with van der Waals surface area (Å²) in [6.07, 6.45) is 1.98. The minimum absolute atomic E-state index is 0.0739. The molecule has 4 rings (SSSR count). The molecule has 0 saturated heterocycles. The molecule has 0 aliphatic heterocycles. The molecule has 34 heavy (non-hydrogen) atoms. The lowest BCUT2D eigenvalue weighted by atomic mass is 10.00. The molecule has 5 nitrogen and oxygen atoms in total. The van der Waals surface area contributed by atoms with Crippen molar-refractivity contribution < 1.29 is 23.8 Å². The number of ether oxygens (including phenoxy) is 2. The van der Waals surface area contributed by atoms with Crippen molar-refractivity contribution in [1.29, 1.82) is 0 Å². The number of phenols is 1. The number of carbonyl (C=O) groups excluding carboxylic acids is 1. The average Bonchev–Trinajstić information content (AvgIpc) is 3.06. The number of anilines is 1. The molecule has 7 heteroatoms. The Kier molecular flexibility index (Phi) is 6.61. The van der Waals surface area contributed by atoms with Gasteiger partial charge in [0.1, 0.15) is 5.82 Å². The lowest BCUT2D eigenvalue weighted by molar-refractivity contribution is -0.115. The number of halogens is 2. The number of hydrogen-bond acceptors (Lipinski definition) is 4. The van der Waals surface area contributed by atoms with E-state index in [4.69, 9.17) is 21.1 Å². The smallest absolute Gasteiger partial charge is 0.228 e. The van der Waals surface area contributed by atoms with Gasteiger partial charge in [-0.2, -0.15) is 0 Å². The Morgan fingerprint density at radius 1 is 1.03 bits per heavy atom. The minimum atomic E-state index is -0.378. The topological polar surface area (TPSA) is 67.8 Å². The number of amides is 1. The fraction of sp³-hybridized carbons (Fsp3) is 0.148. The summed E-state index contributed by atoms with van der Waals surface area (Å²) in [6.45, 7) is 1.91. The molecule has 0 bridgehead atoms. The lowest BCUT2D eigenvalue weighted by Gasteiger charge is -2.11. The van der Waals surface area contributed by atoms with Gasteiger partial charge >= 0.3 is 0 Å². The first-order valence-electron chi connectivity index (χ1n) is 10.5. The summed E-state index contributed by atoms with van der Waals surface area (Å²) in [5.74, 6) is -0.147. The minimum Gasteiger partial charge on any atom is -0.502 e. The molecule has 0 fully saturated rings. The van der Waals surface area contributed by atoms with Crippen molar-refractivity contribution in [2.45, 2.75) is 13.3 Å². The van der Waals surface area contributed by atoms with Crippen molar-refractivity contribution in [3.8, 4) is 17.2 Å². The van der Waals surface area contributed by atoms with Crippen LogP contribution in [-0.2, 0) is 4.79 Å². The molecule has 1 amide bonds. The first-order valence-corrected chi connectivity index (χ1v) is 10.9. The van der Waals surface area contributed by atoms with Gasteiger partial charge in [-0.05, 0) is 94.9 Å². The van der Waals surface area contributed by atoms with Gasteiger partial charge < -0.3 is 19.9 Å². The maximum Gasteiger partial charge on any atom is 0.228 e. The highest BCUT2D eigenvalue weighted by Gasteiger charge is 2.26. The highest BCUT2D eigenvalue weighted by atomic mass is 35.5. The van der Waals surface area contributed by atoms with E-state index in [0.717, 1.165) is 27.8 Å². The molecule has 174 valence electrons.